The van der Waals surface area contributed by atoms with E-state index in [0.29, 0.717) is 33.2 Å². The SMILES string of the molecule is COc1cc(/C=C2/N=C(c3ccccc3)OC2=O)c(Br)cc1OCc1ccccc1Cl. The van der Waals surface area contributed by atoms with Crippen LogP contribution in [0.15, 0.2) is 81.9 Å². The summed E-state index contributed by atoms with van der Waals surface area (Å²) < 4.78 is 17.4. The number of halogens is 2. The predicted molar refractivity (Wildman–Crippen MR) is 124 cm³/mol. The van der Waals surface area contributed by atoms with Crippen molar-refractivity contribution < 1.29 is 19.0 Å². The van der Waals surface area contributed by atoms with E-state index in [1.165, 1.54) is 0 Å². The summed E-state index contributed by atoms with van der Waals surface area (Å²) in [7, 11) is 1.55. The number of esters is 1. The lowest BCUT2D eigenvalue weighted by molar-refractivity contribution is -0.129. The maximum atomic E-state index is 12.3. The third-order valence-corrected chi connectivity index (χ3v) is 5.61. The van der Waals surface area contributed by atoms with Crippen molar-refractivity contribution >= 4 is 45.5 Å². The summed E-state index contributed by atoms with van der Waals surface area (Å²) in [6.07, 6.45) is 1.64. The second-order valence-corrected chi connectivity index (χ2v) is 7.87. The van der Waals surface area contributed by atoms with Gasteiger partial charge in [-0.2, -0.15) is 0 Å². The van der Waals surface area contributed by atoms with E-state index < -0.39 is 5.97 Å². The Kier molecular flexibility index (Phi) is 6.39. The van der Waals surface area contributed by atoms with Crippen molar-refractivity contribution in [2.75, 3.05) is 7.11 Å². The lowest BCUT2D eigenvalue weighted by Crippen LogP contribution is -2.05. The molecule has 7 heteroatoms. The van der Waals surface area contributed by atoms with E-state index in [0.717, 1.165) is 11.1 Å². The first kappa shape index (κ1) is 21.2. The third-order valence-electron chi connectivity index (χ3n) is 4.56. The fourth-order valence-electron chi connectivity index (χ4n) is 2.97. The average molecular weight is 499 g/mol. The minimum atomic E-state index is -0.510. The van der Waals surface area contributed by atoms with Crippen molar-refractivity contribution in [3.8, 4) is 11.5 Å². The predicted octanol–water partition coefficient (Wildman–Crippen LogP) is 6.03. The zero-order chi connectivity index (χ0) is 21.8. The van der Waals surface area contributed by atoms with Gasteiger partial charge in [0.1, 0.15) is 6.61 Å². The Labute approximate surface area is 193 Å². The number of cyclic esters (lactones) is 1. The van der Waals surface area contributed by atoms with Crippen molar-refractivity contribution in [3.63, 3.8) is 0 Å². The van der Waals surface area contributed by atoms with Crippen molar-refractivity contribution in [2.45, 2.75) is 6.61 Å². The van der Waals surface area contributed by atoms with Gasteiger partial charge in [-0.15, -0.1) is 0 Å². The number of methoxy groups -OCH3 is 1. The van der Waals surface area contributed by atoms with Crippen LogP contribution in [-0.2, 0) is 16.1 Å². The fourth-order valence-corrected chi connectivity index (χ4v) is 3.59. The average Bonchev–Trinajstić information content (AvgIpc) is 3.15. The van der Waals surface area contributed by atoms with E-state index in [-0.39, 0.29) is 11.6 Å². The van der Waals surface area contributed by atoms with Crippen LogP contribution in [0.5, 0.6) is 11.5 Å². The molecule has 0 fully saturated rings. The van der Waals surface area contributed by atoms with Crippen LogP contribution in [0.3, 0.4) is 0 Å². The molecule has 0 radical (unpaired) electrons. The minimum Gasteiger partial charge on any atom is -0.493 e. The summed E-state index contributed by atoms with van der Waals surface area (Å²) >= 11 is 9.73. The highest BCUT2D eigenvalue weighted by molar-refractivity contribution is 9.10. The number of carbonyl (C=O) groups is 1. The number of carbonyl (C=O) groups excluding carboxylic acids is 1. The lowest BCUT2D eigenvalue weighted by Gasteiger charge is -2.13. The molecule has 0 aromatic heterocycles. The van der Waals surface area contributed by atoms with E-state index in [1.54, 1.807) is 25.3 Å². The van der Waals surface area contributed by atoms with Crippen molar-refractivity contribution in [2.24, 2.45) is 4.99 Å². The molecule has 5 nitrogen and oxygen atoms in total. The van der Waals surface area contributed by atoms with E-state index in [4.69, 9.17) is 25.8 Å². The molecule has 0 unspecified atom stereocenters. The quantitative estimate of drug-likeness (QED) is 0.307. The topological polar surface area (TPSA) is 57.1 Å². The molecule has 0 N–H and O–H groups in total. The Morgan fingerprint density at radius 3 is 2.55 bits per heavy atom. The van der Waals surface area contributed by atoms with Gasteiger partial charge in [0.15, 0.2) is 17.2 Å². The zero-order valence-corrected chi connectivity index (χ0v) is 18.8. The van der Waals surface area contributed by atoms with E-state index in [1.807, 2.05) is 54.6 Å². The smallest absolute Gasteiger partial charge is 0.363 e. The molecule has 0 bridgehead atoms. The molecule has 0 amide bonds. The van der Waals surface area contributed by atoms with Crippen molar-refractivity contribution in [1.29, 1.82) is 0 Å². The molecule has 1 heterocycles. The molecule has 1 aliphatic heterocycles. The van der Waals surface area contributed by atoms with Crippen molar-refractivity contribution in [1.82, 2.24) is 0 Å². The van der Waals surface area contributed by atoms with Crippen LogP contribution >= 0.6 is 27.5 Å². The Morgan fingerprint density at radius 2 is 1.81 bits per heavy atom. The largest absolute Gasteiger partial charge is 0.493 e. The van der Waals surface area contributed by atoms with Crippen LogP contribution < -0.4 is 9.47 Å². The van der Waals surface area contributed by atoms with Crippen LogP contribution in [0, 0.1) is 0 Å². The Bertz CT molecular complexity index is 1190. The zero-order valence-electron chi connectivity index (χ0n) is 16.5. The Hall–Kier alpha value is -3.09. The Balaban J connectivity index is 1.60. The summed E-state index contributed by atoms with van der Waals surface area (Å²) in [6.45, 7) is 0.292. The molecule has 0 saturated carbocycles. The van der Waals surface area contributed by atoms with Gasteiger partial charge in [0.2, 0.25) is 5.90 Å². The first-order chi connectivity index (χ1) is 15.0. The van der Waals surface area contributed by atoms with Gasteiger partial charge >= 0.3 is 5.97 Å². The highest BCUT2D eigenvalue weighted by atomic mass is 79.9. The second-order valence-electron chi connectivity index (χ2n) is 6.61. The maximum Gasteiger partial charge on any atom is 0.363 e. The third kappa shape index (κ3) is 4.81. The van der Waals surface area contributed by atoms with Crippen molar-refractivity contribution in [3.05, 3.63) is 98.6 Å². The second kappa shape index (κ2) is 9.37. The molecule has 1 aliphatic rings. The molecule has 156 valence electrons. The standard InChI is InChI=1S/C24H17BrClNO4/c1-29-21-12-17(11-20-24(28)31-23(27-20)15-7-3-2-4-8-15)18(25)13-22(21)30-14-16-9-5-6-10-19(16)26/h2-13H,14H2,1H3/b20-11+. The summed E-state index contributed by atoms with van der Waals surface area (Å²) in [6, 6.07) is 20.3. The lowest BCUT2D eigenvalue weighted by atomic mass is 10.1. The van der Waals surface area contributed by atoms with Gasteiger partial charge in [-0.25, -0.2) is 9.79 Å². The number of hydrogen-bond acceptors (Lipinski definition) is 5. The highest BCUT2D eigenvalue weighted by Crippen LogP contribution is 2.36. The summed E-state index contributed by atoms with van der Waals surface area (Å²) in [4.78, 5) is 16.6. The molecule has 0 spiro atoms. The minimum absolute atomic E-state index is 0.200. The summed E-state index contributed by atoms with van der Waals surface area (Å²) in [5, 5.41) is 0.633. The van der Waals surface area contributed by atoms with Gasteiger partial charge in [0.25, 0.3) is 0 Å². The van der Waals surface area contributed by atoms with Crippen LogP contribution in [-0.4, -0.2) is 19.0 Å². The van der Waals surface area contributed by atoms with Gasteiger partial charge in [-0.3, -0.25) is 0 Å². The van der Waals surface area contributed by atoms with E-state index in [2.05, 4.69) is 20.9 Å². The van der Waals surface area contributed by atoms with Crippen LogP contribution in [0.4, 0.5) is 0 Å². The monoisotopic (exact) mass is 497 g/mol. The number of nitrogens with zero attached hydrogens (tertiary/aromatic N) is 1. The normalized spacial score (nSPS) is 14.4. The van der Waals surface area contributed by atoms with E-state index in [9.17, 15) is 4.79 Å². The molecule has 0 saturated heterocycles. The van der Waals surface area contributed by atoms with Gasteiger partial charge in [-0.05, 0) is 42.0 Å². The van der Waals surface area contributed by atoms with Crippen LogP contribution in [0.1, 0.15) is 16.7 Å². The number of rotatable bonds is 6. The summed E-state index contributed by atoms with van der Waals surface area (Å²) in [5.41, 5.74) is 2.50. The molecule has 3 aromatic carbocycles. The van der Waals surface area contributed by atoms with Gasteiger partial charge in [-0.1, -0.05) is 63.9 Å². The van der Waals surface area contributed by atoms with Gasteiger partial charge in [0.05, 0.1) is 7.11 Å². The van der Waals surface area contributed by atoms with E-state index >= 15 is 0 Å². The number of aliphatic imine (C=N–C) groups is 1. The number of hydrogen-bond donors (Lipinski definition) is 0. The molecule has 0 aliphatic carbocycles. The molecule has 4 rings (SSSR count). The highest BCUT2D eigenvalue weighted by Gasteiger charge is 2.24. The van der Waals surface area contributed by atoms with Gasteiger partial charge < -0.3 is 14.2 Å². The molecule has 0 atom stereocenters. The number of ether oxygens (including phenoxy) is 3. The molecule has 3 aromatic rings. The Morgan fingerprint density at radius 1 is 1.06 bits per heavy atom. The summed E-state index contributed by atoms with van der Waals surface area (Å²) in [5.74, 6) is 0.822. The number of benzene rings is 3. The molecular formula is C24H17BrClNO4. The maximum absolute atomic E-state index is 12.3. The first-order valence-electron chi connectivity index (χ1n) is 9.37. The molecule has 31 heavy (non-hydrogen) atoms. The molecular weight excluding hydrogens is 482 g/mol. The van der Waals surface area contributed by atoms with Crippen LogP contribution in [0.2, 0.25) is 5.02 Å². The van der Waals surface area contributed by atoms with Gasteiger partial charge in [0, 0.05) is 20.6 Å². The first-order valence-corrected chi connectivity index (χ1v) is 10.5. The fraction of sp³-hybridized carbons (Fsp3) is 0.0833. The van der Waals surface area contributed by atoms with Crippen LogP contribution in [0.25, 0.3) is 6.08 Å².